The van der Waals surface area contributed by atoms with E-state index in [-0.39, 0.29) is 17.6 Å². The molecule has 0 N–H and O–H groups in total. The normalized spacial score (nSPS) is 20.2. The van der Waals surface area contributed by atoms with E-state index in [1.807, 2.05) is 23.1 Å². The highest BCUT2D eigenvalue weighted by Gasteiger charge is 2.47. The third-order valence-electron chi connectivity index (χ3n) is 5.81. The summed E-state index contributed by atoms with van der Waals surface area (Å²) in [6.07, 6.45) is 1.43. The highest BCUT2D eigenvalue weighted by molar-refractivity contribution is 5.70. The number of aromatic nitrogens is 2. The van der Waals surface area contributed by atoms with E-state index in [0.29, 0.717) is 38.0 Å². The van der Waals surface area contributed by atoms with Crippen molar-refractivity contribution in [1.82, 2.24) is 19.9 Å². The van der Waals surface area contributed by atoms with Crippen LogP contribution in [0.15, 0.2) is 34.9 Å². The van der Waals surface area contributed by atoms with Crippen LogP contribution in [0.25, 0.3) is 0 Å². The molecule has 1 amide bonds. The molecule has 2 saturated heterocycles. The van der Waals surface area contributed by atoms with E-state index in [2.05, 4.69) is 34.1 Å². The molecular formula is C21H28N4O4. The molecule has 4 rings (SSSR count). The smallest absolute Gasteiger partial charge is 0.410 e. The van der Waals surface area contributed by atoms with Gasteiger partial charge in [-0.15, -0.1) is 0 Å². The summed E-state index contributed by atoms with van der Waals surface area (Å²) in [5.41, 5.74) is 0.864. The van der Waals surface area contributed by atoms with E-state index in [1.54, 1.807) is 7.11 Å². The Kier molecular flexibility index (Phi) is 5.82. The summed E-state index contributed by atoms with van der Waals surface area (Å²) in [5.74, 6) is 1.43. The van der Waals surface area contributed by atoms with Gasteiger partial charge in [0, 0.05) is 39.6 Å². The van der Waals surface area contributed by atoms with E-state index in [4.69, 9.17) is 14.0 Å². The molecule has 0 bridgehead atoms. The number of rotatable bonds is 7. The highest BCUT2D eigenvalue weighted by Crippen LogP contribution is 2.34. The van der Waals surface area contributed by atoms with Crippen LogP contribution in [0.1, 0.15) is 43.0 Å². The number of carbonyl (C=O) groups is 1. The van der Waals surface area contributed by atoms with Crippen molar-refractivity contribution >= 4 is 6.09 Å². The fourth-order valence-corrected chi connectivity index (χ4v) is 4.16. The van der Waals surface area contributed by atoms with Crippen LogP contribution in [-0.2, 0) is 22.6 Å². The third kappa shape index (κ3) is 4.59. The second kappa shape index (κ2) is 8.51. The van der Waals surface area contributed by atoms with Gasteiger partial charge in [-0.3, -0.25) is 4.90 Å². The fraction of sp³-hybridized carbons (Fsp3) is 0.571. The van der Waals surface area contributed by atoms with Crippen LogP contribution in [0.5, 0.6) is 0 Å². The maximum absolute atomic E-state index is 12.5. The summed E-state index contributed by atoms with van der Waals surface area (Å²) < 4.78 is 16.2. The minimum Gasteiger partial charge on any atom is -0.441 e. The summed E-state index contributed by atoms with van der Waals surface area (Å²) in [5, 5.41) is 3.90. The summed E-state index contributed by atoms with van der Waals surface area (Å²) in [6, 6.07) is 10.3. The molecule has 2 fully saturated rings. The van der Waals surface area contributed by atoms with Gasteiger partial charge in [0.1, 0.15) is 12.2 Å². The Balaban J connectivity index is 1.29. The van der Waals surface area contributed by atoms with Gasteiger partial charge in [-0.2, -0.15) is 4.98 Å². The summed E-state index contributed by atoms with van der Waals surface area (Å²) in [7, 11) is 1.60. The molecule has 1 aromatic carbocycles. The largest absolute Gasteiger partial charge is 0.441 e. The van der Waals surface area contributed by atoms with Crippen molar-refractivity contribution in [3.05, 3.63) is 47.6 Å². The zero-order valence-corrected chi connectivity index (χ0v) is 17.0. The number of hydrogen-bond donors (Lipinski definition) is 0. The van der Waals surface area contributed by atoms with Crippen LogP contribution in [-0.4, -0.2) is 64.9 Å². The standard InChI is InChI=1S/C21H28N4O4/c1-16(17-6-4-3-5-7-17)12-25-15-21(28-20(25)26)8-10-24(11-9-21)13-19-22-18(14-27-2)23-29-19/h3-7,16H,8-15H2,1-2H3. The molecule has 3 heterocycles. The van der Waals surface area contributed by atoms with Crippen LogP contribution in [0.3, 0.4) is 0 Å². The van der Waals surface area contributed by atoms with Gasteiger partial charge in [-0.1, -0.05) is 42.4 Å². The van der Waals surface area contributed by atoms with Crippen LogP contribution < -0.4 is 0 Å². The lowest BCUT2D eigenvalue weighted by atomic mass is 9.91. The Morgan fingerprint density at radius 3 is 2.72 bits per heavy atom. The fourth-order valence-electron chi connectivity index (χ4n) is 4.16. The first-order valence-electron chi connectivity index (χ1n) is 10.1. The van der Waals surface area contributed by atoms with Crippen molar-refractivity contribution in [1.29, 1.82) is 0 Å². The van der Waals surface area contributed by atoms with Gasteiger partial charge in [0.2, 0.25) is 5.89 Å². The van der Waals surface area contributed by atoms with E-state index in [1.165, 1.54) is 5.56 Å². The SMILES string of the molecule is COCc1noc(CN2CCC3(CC2)CN(CC(C)c2ccccc2)C(=O)O3)n1. The quantitative estimate of drug-likeness (QED) is 0.707. The van der Waals surface area contributed by atoms with Crippen LogP contribution >= 0.6 is 0 Å². The van der Waals surface area contributed by atoms with Gasteiger partial charge in [0.15, 0.2) is 5.82 Å². The van der Waals surface area contributed by atoms with Crippen molar-refractivity contribution in [2.24, 2.45) is 0 Å². The van der Waals surface area contributed by atoms with E-state index >= 15 is 0 Å². The first-order chi connectivity index (χ1) is 14.1. The molecule has 1 atom stereocenters. The Morgan fingerprint density at radius 1 is 1.24 bits per heavy atom. The number of nitrogens with zero attached hydrogens (tertiary/aromatic N) is 4. The molecule has 2 aliphatic rings. The first kappa shape index (κ1) is 19.8. The molecule has 0 saturated carbocycles. The number of methoxy groups -OCH3 is 1. The predicted octanol–water partition coefficient (Wildman–Crippen LogP) is 2.81. The second-order valence-corrected chi connectivity index (χ2v) is 8.06. The molecule has 0 radical (unpaired) electrons. The number of hydrogen-bond acceptors (Lipinski definition) is 7. The van der Waals surface area contributed by atoms with Gasteiger partial charge in [0.05, 0.1) is 13.1 Å². The first-order valence-corrected chi connectivity index (χ1v) is 10.1. The molecular weight excluding hydrogens is 372 g/mol. The Morgan fingerprint density at radius 2 is 2.00 bits per heavy atom. The third-order valence-corrected chi connectivity index (χ3v) is 5.81. The zero-order valence-electron chi connectivity index (χ0n) is 17.0. The maximum Gasteiger partial charge on any atom is 0.410 e. The summed E-state index contributed by atoms with van der Waals surface area (Å²) in [6.45, 7) is 6.11. The molecule has 0 aliphatic carbocycles. The molecule has 8 nitrogen and oxygen atoms in total. The van der Waals surface area contributed by atoms with Gasteiger partial charge < -0.3 is 18.9 Å². The van der Waals surface area contributed by atoms with Crippen molar-refractivity contribution in [3.63, 3.8) is 0 Å². The molecule has 1 spiro atoms. The topological polar surface area (TPSA) is 80.9 Å². The molecule has 2 aromatic rings. The van der Waals surface area contributed by atoms with Gasteiger partial charge >= 0.3 is 6.09 Å². The average molecular weight is 400 g/mol. The lowest BCUT2D eigenvalue weighted by Crippen LogP contribution is -2.46. The number of ether oxygens (including phenoxy) is 2. The minimum absolute atomic E-state index is 0.192. The molecule has 2 aliphatic heterocycles. The average Bonchev–Trinajstić information content (AvgIpc) is 3.29. The Labute approximate surface area is 170 Å². The zero-order chi connectivity index (χ0) is 20.3. The molecule has 8 heteroatoms. The number of amides is 1. The minimum atomic E-state index is -0.375. The van der Waals surface area contributed by atoms with Gasteiger partial charge in [-0.05, 0) is 11.5 Å². The van der Waals surface area contributed by atoms with Crippen LogP contribution in [0, 0.1) is 0 Å². The Hall–Kier alpha value is -2.45. The Bertz CT molecular complexity index is 817. The molecule has 1 aromatic heterocycles. The van der Waals surface area contributed by atoms with Crippen molar-refractivity contribution in [2.75, 3.05) is 33.3 Å². The lowest BCUT2D eigenvalue weighted by molar-refractivity contribution is -0.00334. The van der Waals surface area contributed by atoms with Gasteiger partial charge in [-0.25, -0.2) is 4.79 Å². The molecule has 156 valence electrons. The number of likely N-dealkylation sites (tertiary alicyclic amines) is 1. The monoisotopic (exact) mass is 400 g/mol. The van der Waals surface area contributed by atoms with Crippen molar-refractivity contribution in [3.8, 4) is 0 Å². The van der Waals surface area contributed by atoms with E-state index < -0.39 is 0 Å². The number of benzene rings is 1. The van der Waals surface area contributed by atoms with Crippen LogP contribution in [0.4, 0.5) is 4.79 Å². The van der Waals surface area contributed by atoms with Crippen molar-refractivity contribution in [2.45, 2.75) is 44.4 Å². The predicted molar refractivity (Wildman–Crippen MR) is 105 cm³/mol. The second-order valence-electron chi connectivity index (χ2n) is 8.06. The highest BCUT2D eigenvalue weighted by atomic mass is 16.6. The lowest BCUT2D eigenvalue weighted by Gasteiger charge is -2.36. The van der Waals surface area contributed by atoms with Crippen molar-refractivity contribution < 1.29 is 18.8 Å². The molecule has 29 heavy (non-hydrogen) atoms. The van der Waals surface area contributed by atoms with Gasteiger partial charge in [0.25, 0.3) is 0 Å². The van der Waals surface area contributed by atoms with E-state index in [0.717, 1.165) is 25.9 Å². The summed E-state index contributed by atoms with van der Waals surface area (Å²) in [4.78, 5) is 21.0. The number of piperidine rings is 1. The maximum atomic E-state index is 12.5. The van der Waals surface area contributed by atoms with Crippen LogP contribution in [0.2, 0.25) is 0 Å². The molecule has 1 unspecified atom stereocenters. The van der Waals surface area contributed by atoms with E-state index in [9.17, 15) is 4.79 Å². The number of carbonyl (C=O) groups excluding carboxylic acids is 1. The summed E-state index contributed by atoms with van der Waals surface area (Å²) >= 11 is 0.